The quantitative estimate of drug-likeness (QED) is 0.739. The number of hydrogen-bond acceptors (Lipinski definition) is 3. The summed E-state index contributed by atoms with van der Waals surface area (Å²) in [6.07, 6.45) is 0. The van der Waals surface area contributed by atoms with Crippen LogP contribution in [0.3, 0.4) is 0 Å². The SMILES string of the molecule is CCOc1ccc(C(Cl)c2c(OC)cccc2OC)cc1. The van der Waals surface area contributed by atoms with Crippen molar-refractivity contribution in [3.8, 4) is 17.2 Å². The fourth-order valence-electron chi connectivity index (χ4n) is 2.20. The monoisotopic (exact) mass is 306 g/mol. The van der Waals surface area contributed by atoms with E-state index in [0.29, 0.717) is 18.1 Å². The Hall–Kier alpha value is -1.87. The third kappa shape index (κ3) is 3.42. The lowest BCUT2D eigenvalue weighted by Crippen LogP contribution is -2.01. The minimum atomic E-state index is -0.355. The molecule has 112 valence electrons. The summed E-state index contributed by atoms with van der Waals surface area (Å²) >= 11 is 6.63. The fourth-order valence-corrected chi connectivity index (χ4v) is 2.56. The summed E-state index contributed by atoms with van der Waals surface area (Å²) in [5.74, 6) is 2.25. The highest BCUT2D eigenvalue weighted by molar-refractivity contribution is 6.23. The molecule has 2 rings (SSSR count). The van der Waals surface area contributed by atoms with Crippen LogP contribution in [0.15, 0.2) is 42.5 Å². The molecule has 2 aromatic rings. The Bertz CT molecular complexity index is 559. The van der Waals surface area contributed by atoms with E-state index in [4.69, 9.17) is 25.8 Å². The zero-order chi connectivity index (χ0) is 15.2. The van der Waals surface area contributed by atoms with Gasteiger partial charge in [-0.2, -0.15) is 0 Å². The molecule has 4 heteroatoms. The summed E-state index contributed by atoms with van der Waals surface area (Å²) in [6.45, 7) is 2.60. The van der Waals surface area contributed by atoms with Crippen molar-refractivity contribution >= 4 is 11.6 Å². The fraction of sp³-hybridized carbons (Fsp3) is 0.294. The van der Waals surface area contributed by atoms with Crippen LogP contribution in [0.1, 0.15) is 23.4 Å². The second-order valence-electron chi connectivity index (χ2n) is 4.44. The second kappa shape index (κ2) is 7.23. The Labute approximate surface area is 130 Å². The van der Waals surface area contributed by atoms with Crippen LogP contribution >= 0.6 is 11.6 Å². The maximum atomic E-state index is 6.63. The lowest BCUT2D eigenvalue weighted by Gasteiger charge is -2.18. The molecule has 2 aromatic carbocycles. The van der Waals surface area contributed by atoms with Crippen molar-refractivity contribution in [2.24, 2.45) is 0 Å². The summed E-state index contributed by atoms with van der Waals surface area (Å²) in [6, 6.07) is 13.4. The second-order valence-corrected chi connectivity index (χ2v) is 4.88. The molecule has 0 aliphatic carbocycles. The van der Waals surface area contributed by atoms with Gasteiger partial charge in [0.25, 0.3) is 0 Å². The smallest absolute Gasteiger partial charge is 0.127 e. The Morgan fingerprint density at radius 3 is 2.00 bits per heavy atom. The highest BCUT2D eigenvalue weighted by Gasteiger charge is 2.20. The number of halogens is 1. The third-order valence-corrected chi connectivity index (χ3v) is 3.67. The summed E-state index contributed by atoms with van der Waals surface area (Å²) in [4.78, 5) is 0. The Balaban J connectivity index is 2.37. The molecule has 0 radical (unpaired) electrons. The molecule has 0 bridgehead atoms. The average molecular weight is 307 g/mol. The van der Waals surface area contributed by atoms with Gasteiger partial charge < -0.3 is 14.2 Å². The molecule has 0 N–H and O–H groups in total. The van der Waals surface area contributed by atoms with Crippen LogP contribution in [0.5, 0.6) is 17.2 Å². The predicted molar refractivity (Wildman–Crippen MR) is 84.9 cm³/mol. The molecule has 0 amide bonds. The summed E-state index contributed by atoms with van der Waals surface area (Å²) in [5.41, 5.74) is 1.79. The lowest BCUT2D eigenvalue weighted by atomic mass is 10.0. The molecule has 0 saturated carbocycles. The molecular weight excluding hydrogens is 288 g/mol. The van der Waals surface area contributed by atoms with Crippen molar-refractivity contribution < 1.29 is 14.2 Å². The Kier molecular flexibility index (Phi) is 5.34. The third-order valence-electron chi connectivity index (χ3n) is 3.20. The van der Waals surface area contributed by atoms with Gasteiger partial charge in [0, 0.05) is 0 Å². The van der Waals surface area contributed by atoms with Gasteiger partial charge in [-0.1, -0.05) is 18.2 Å². The first-order valence-electron chi connectivity index (χ1n) is 6.79. The molecule has 0 saturated heterocycles. The number of hydrogen-bond donors (Lipinski definition) is 0. The van der Waals surface area contributed by atoms with Gasteiger partial charge >= 0.3 is 0 Å². The average Bonchev–Trinajstić information content (AvgIpc) is 2.54. The first kappa shape index (κ1) is 15.5. The van der Waals surface area contributed by atoms with E-state index in [1.807, 2.05) is 49.4 Å². The van der Waals surface area contributed by atoms with E-state index >= 15 is 0 Å². The van der Waals surface area contributed by atoms with E-state index < -0.39 is 0 Å². The van der Waals surface area contributed by atoms with Gasteiger partial charge in [-0.3, -0.25) is 0 Å². The number of alkyl halides is 1. The molecule has 3 nitrogen and oxygen atoms in total. The molecule has 0 aromatic heterocycles. The summed E-state index contributed by atoms with van der Waals surface area (Å²) in [7, 11) is 3.25. The maximum absolute atomic E-state index is 6.63. The molecule has 0 spiro atoms. The molecule has 1 unspecified atom stereocenters. The van der Waals surface area contributed by atoms with E-state index in [1.54, 1.807) is 14.2 Å². The van der Waals surface area contributed by atoms with Crippen molar-refractivity contribution in [3.05, 3.63) is 53.6 Å². The Morgan fingerprint density at radius 2 is 1.52 bits per heavy atom. The molecule has 1 atom stereocenters. The van der Waals surface area contributed by atoms with Crippen LogP contribution in [-0.2, 0) is 0 Å². The number of benzene rings is 2. The van der Waals surface area contributed by atoms with E-state index in [0.717, 1.165) is 16.9 Å². The largest absolute Gasteiger partial charge is 0.496 e. The normalized spacial score (nSPS) is 11.8. The molecule has 21 heavy (non-hydrogen) atoms. The van der Waals surface area contributed by atoms with Gasteiger partial charge in [0.1, 0.15) is 17.2 Å². The highest BCUT2D eigenvalue weighted by Crippen LogP contribution is 2.41. The van der Waals surface area contributed by atoms with Gasteiger partial charge in [-0.05, 0) is 36.8 Å². The van der Waals surface area contributed by atoms with Crippen LogP contribution in [0.4, 0.5) is 0 Å². The Morgan fingerprint density at radius 1 is 0.952 bits per heavy atom. The topological polar surface area (TPSA) is 27.7 Å². The van der Waals surface area contributed by atoms with Crippen molar-refractivity contribution in [1.29, 1.82) is 0 Å². The zero-order valence-corrected chi connectivity index (χ0v) is 13.2. The van der Waals surface area contributed by atoms with Crippen LogP contribution in [0.2, 0.25) is 0 Å². The standard InChI is InChI=1S/C17H19ClO3/c1-4-21-13-10-8-12(9-11-13)17(18)16-14(19-2)6-5-7-15(16)20-3/h5-11,17H,4H2,1-3H3. The minimum Gasteiger partial charge on any atom is -0.496 e. The van der Waals surface area contributed by atoms with Gasteiger partial charge in [0.2, 0.25) is 0 Å². The first-order chi connectivity index (χ1) is 10.2. The number of methoxy groups -OCH3 is 2. The van der Waals surface area contributed by atoms with E-state index in [9.17, 15) is 0 Å². The summed E-state index contributed by atoms with van der Waals surface area (Å²) < 4.78 is 16.3. The van der Waals surface area contributed by atoms with E-state index in [-0.39, 0.29) is 5.38 Å². The molecular formula is C17H19ClO3. The zero-order valence-electron chi connectivity index (χ0n) is 12.4. The molecule has 0 aliphatic heterocycles. The van der Waals surface area contributed by atoms with Crippen molar-refractivity contribution in [1.82, 2.24) is 0 Å². The van der Waals surface area contributed by atoms with Gasteiger partial charge in [-0.25, -0.2) is 0 Å². The molecule has 0 aliphatic rings. The number of rotatable bonds is 6. The van der Waals surface area contributed by atoms with E-state index in [1.165, 1.54) is 0 Å². The van der Waals surface area contributed by atoms with Crippen molar-refractivity contribution in [2.75, 3.05) is 20.8 Å². The van der Waals surface area contributed by atoms with Gasteiger partial charge in [0.05, 0.1) is 31.8 Å². The van der Waals surface area contributed by atoms with Crippen LogP contribution in [0.25, 0.3) is 0 Å². The predicted octanol–water partition coefficient (Wildman–Crippen LogP) is 4.43. The van der Waals surface area contributed by atoms with Crippen molar-refractivity contribution in [2.45, 2.75) is 12.3 Å². The minimum absolute atomic E-state index is 0.355. The molecule has 0 heterocycles. The lowest BCUT2D eigenvalue weighted by molar-refractivity contribution is 0.340. The van der Waals surface area contributed by atoms with E-state index in [2.05, 4.69) is 0 Å². The van der Waals surface area contributed by atoms with Crippen LogP contribution in [0, 0.1) is 0 Å². The van der Waals surface area contributed by atoms with Crippen molar-refractivity contribution in [3.63, 3.8) is 0 Å². The van der Waals surface area contributed by atoms with Crippen LogP contribution in [-0.4, -0.2) is 20.8 Å². The van der Waals surface area contributed by atoms with Gasteiger partial charge in [0.15, 0.2) is 0 Å². The highest BCUT2D eigenvalue weighted by atomic mass is 35.5. The maximum Gasteiger partial charge on any atom is 0.127 e. The summed E-state index contributed by atoms with van der Waals surface area (Å²) in [5, 5.41) is -0.355. The first-order valence-corrected chi connectivity index (χ1v) is 7.22. The van der Waals surface area contributed by atoms with Gasteiger partial charge in [-0.15, -0.1) is 11.6 Å². The number of ether oxygens (including phenoxy) is 3. The molecule has 0 fully saturated rings. The van der Waals surface area contributed by atoms with Crippen LogP contribution < -0.4 is 14.2 Å².